The molecule has 3 aromatic rings. The lowest BCUT2D eigenvalue weighted by Crippen LogP contribution is -2.48. The normalized spacial score (nSPS) is 20.6. The van der Waals surface area contributed by atoms with Gasteiger partial charge in [-0.2, -0.15) is 0 Å². The predicted octanol–water partition coefficient (Wildman–Crippen LogP) is 5.78. The van der Waals surface area contributed by atoms with Gasteiger partial charge < -0.3 is 14.6 Å². The average Bonchev–Trinajstić information content (AvgIpc) is 3.09. The number of phenolic OH excluding ortho intramolecular Hbond substituents is 1. The van der Waals surface area contributed by atoms with Crippen molar-refractivity contribution in [2.75, 3.05) is 0 Å². The van der Waals surface area contributed by atoms with Gasteiger partial charge in [0.25, 0.3) is 0 Å². The first-order chi connectivity index (χ1) is 14.0. The number of benzene rings is 3. The number of aromatic hydroxyl groups is 1. The van der Waals surface area contributed by atoms with Crippen LogP contribution < -0.4 is 9.47 Å². The van der Waals surface area contributed by atoms with Crippen LogP contribution in [0, 0.1) is 13.8 Å². The van der Waals surface area contributed by atoms with E-state index in [9.17, 15) is 5.11 Å². The Hall–Kier alpha value is -3.20. The van der Waals surface area contributed by atoms with Gasteiger partial charge in [-0.15, -0.1) is 0 Å². The second kappa shape index (κ2) is 8.04. The summed E-state index contributed by atoms with van der Waals surface area (Å²) in [6.07, 6.45) is 5.24. The maximum Gasteiger partial charge on any atom is 0.168 e. The molecule has 1 aliphatic rings. The molecule has 0 bridgehead atoms. The van der Waals surface area contributed by atoms with E-state index in [-0.39, 0.29) is 11.9 Å². The molecular formula is C26H26O3. The Morgan fingerprint density at radius 1 is 0.862 bits per heavy atom. The van der Waals surface area contributed by atoms with E-state index in [0.29, 0.717) is 6.42 Å². The molecule has 1 aliphatic carbocycles. The van der Waals surface area contributed by atoms with E-state index in [1.165, 1.54) is 11.1 Å². The third kappa shape index (κ3) is 4.29. The summed E-state index contributed by atoms with van der Waals surface area (Å²) in [5.41, 5.74) is 2.50. The molecule has 0 radical (unpaired) electrons. The molecule has 0 fully saturated rings. The lowest BCUT2D eigenvalue weighted by molar-refractivity contribution is 0.00664. The van der Waals surface area contributed by atoms with Gasteiger partial charge in [0.15, 0.2) is 5.60 Å². The van der Waals surface area contributed by atoms with E-state index in [1.54, 1.807) is 6.07 Å². The zero-order chi connectivity index (χ0) is 20.3. The van der Waals surface area contributed by atoms with Gasteiger partial charge in [0.1, 0.15) is 23.4 Å². The van der Waals surface area contributed by atoms with Crippen molar-refractivity contribution in [3.63, 3.8) is 0 Å². The number of para-hydroxylation sites is 1. The van der Waals surface area contributed by atoms with Gasteiger partial charge >= 0.3 is 0 Å². The second-order valence-electron chi connectivity index (χ2n) is 7.73. The monoisotopic (exact) mass is 386 g/mol. The third-order valence-electron chi connectivity index (χ3n) is 5.38. The lowest BCUT2D eigenvalue weighted by Gasteiger charge is -2.36. The Morgan fingerprint density at radius 3 is 2.14 bits per heavy atom. The molecule has 0 saturated carbocycles. The minimum Gasteiger partial charge on any atom is -0.508 e. The molecule has 3 heteroatoms. The number of phenols is 1. The van der Waals surface area contributed by atoms with E-state index in [0.717, 1.165) is 23.5 Å². The van der Waals surface area contributed by atoms with Crippen molar-refractivity contribution in [2.45, 2.75) is 38.4 Å². The summed E-state index contributed by atoms with van der Waals surface area (Å²) in [7, 11) is 0. The Kier molecular flexibility index (Phi) is 5.30. The number of hydrogen-bond acceptors (Lipinski definition) is 3. The number of hydrogen-bond donors (Lipinski definition) is 1. The van der Waals surface area contributed by atoms with Crippen molar-refractivity contribution in [2.24, 2.45) is 0 Å². The Bertz CT molecular complexity index is 989. The summed E-state index contributed by atoms with van der Waals surface area (Å²) in [6, 6.07) is 23.5. The van der Waals surface area contributed by atoms with Crippen molar-refractivity contribution < 1.29 is 14.6 Å². The van der Waals surface area contributed by atoms with E-state index >= 15 is 0 Å². The minimum atomic E-state index is -0.709. The van der Waals surface area contributed by atoms with Crippen LogP contribution in [0.25, 0.3) is 0 Å². The second-order valence-corrected chi connectivity index (χ2v) is 7.73. The summed E-state index contributed by atoms with van der Waals surface area (Å²) in [4.78, 5) is 0. The van der Waals surface area contributed by atoms with E-state index in [2.05, 4.69) is 26.0 Å². The highest BCUT2D eigenvalue weighted by Gasteiger charge is 2.44. The zero-order valence-electron chi connectivity index (χ0n) is 16.8. The van der Waals surface area contributed by atoms with Crippen molar-refractivity contribution in [3.05, 3.63) is 102 Å². The van der Waals surface area contributed by atoms with E-state index in [1.807, 2.05) is 66.7 Å². The standard InChI is InChI=1S/C26H26O3/c1-19-9-13-22(14-10-19)28-25-8-5-17-26(25,18-21-6-3-4-7-24(21)27)29-23-15-11-20(2)12-16-23/h3-7,9-17,25,27H,8,18H2,1-2H3. The van der Waals surface area contributed by atoms with Crippen molar-refractivity contribution in [3.8, 4) is 17.2 Å². The van der Waals surface area contributed by atoms with Crippen molar-refractivity contribution >= 4 is 0 Å². The first kappa shape index (κ1) is 19.1. The minimum absolute atomic E-state index is 0.203. The highest BCUT2D eigenvalue weighted by molar-refractivity contribution is 5.38. The van der Waals surface area contributed by atoms with Crippen LogP contribution in [0.3, 0.4) is 0 Å². The highest BCUT2D eigenvalue weighted by atomic mass is 16.6. The Balaban J connectivity index is 1.67. The van der Waals surface area contributed by atoms with Crippen LogP contribution in [0.5, 0.6) is 17.2 Å². The molecule has 0 aliphatic heterocycles. The predicted molar refractivity (Wildman–Crippen MR) is 116 cm³/mol. The summed E-state index contributed by atoms with van der Waals surface area (Å²) in [6.45, 7) is 4.12. The fourth-order valence-electron chi connectivity index (χ4n) is 3.72. The van der Waals surface area contributed by atoms with Gasteiger partial charge in [0.2, 0.25) is 0 Å². The molecule has 0 spiro atoms. The van der Waals surface area contributed by atoms with Crippen LogP contribution >= 0.6 is 0 Å². The molecule has 0 saturated heterocycles. The average molecular weight is 386 g/mol. The van der Waals surface area contributed by atoms with Gasteiger partial charge in [0.05, 0.1) is 0 Å². The molecule has 4 rings (SSSR count). The lowest BCUT2D eigenvalue weighted by atomic mass is 9.90. The topological polar surface area (TPSA) is 38.7 Å². The summed E-state index contributed by atoms with van der Waals surface area (Å²) < 4.78 is 12.9. The Morgan fingerprint density at radius 2 is 1.48 bits per heavy atom. The third-order valence-corrected chi connectivity index (χ3v) is 5.38. The zero-order valence-corrected chi connectivity index (χ0v) is 16.8. The molecule has 0 heterocycles. The SMILES string of the molecule is Cc1ccc(OC2CC=CC2(Cc2ccccc2O)Oc2ccc(C)cc2)cc1. The molecular weight excluding hydrogens is 360 g/mol. The van der Waals surface area contributed by atoms with Gasteiger partial charge in [-0.05, 0) is 55.8 Å². The van der Waals surface area contributed by atoms with Crippen LogP contribution in [-0.4, -0.2) is 16.8 Å². The summed E-state index contributed by atoms with van der Waals surface area (Å²) >= 11 is 0. The first-order valence-electron chi connectivity index (χ1n) is 9.98. The van der Waals surface area contributed by atoms with Gasteiger partial charge in [-0.1, -0.05) is 59.7 Å². The fourth-order valence-corrected chi connectivity index (χ4v) is 3.72. The van der Waals surface area contributed by atoms with Gasteiger partial charge in [-0.25, -0.2) is 0 Å². The van der Waals surface area contributed by atoms with E-state index in [4.69, 9.17) is 9.47 Å². The largest absolute Gasteiger partial charge is 0.508 e. The smallest absolute Gasteiger partial charge is 0.168 e. The molecule has 2 atom stereocenters. The first-order valence-corrected chi connectivity index (χ1v) is 9.98. The summed E-state index contributed by atoms with van der Waals surface area (Å²) in [5, 5.41) is 10.4. The number of rotatable bonds is 6. The van der Waals surface area contributed by atoms with Crippen LogP contribution in [0.1, 0.15) is 23.1 Å². The van der Waals surface area contributed by atoms with Crippen LogP contribution in [0.15, 0.2) is 84.9 Å². The molecule has 0 aromatic heterocycles. The summed E-state index contributed by atoms with van der Waals surface area (Å²) in [5.74, 6) is 1.88. The molecule has 1 N–H and O–H groups in total. The van der Waals surface area contributed by atoms with Crippen LogP contribution in [0.4, 0.5) is 0 Å². The van der Waals surface area contributed by atoms with Gasteiger partial charge in [0, 0.05) is 12.8 Å². The molecule has 2 unspecified atom stereocenters. The maximum absolute atomic E-state index is 10.4. The molecule has 148 valence electrons. The molecule has 29 heavy (non-hydrogen) atoms. The quantitative estimate of drug-likeness (QED) is 0.546. The number of ether oxygens (including phenoxy) is 2. The Labute approximate surface area is 172 Å². The molecule has 3 nitrogen and oxygen atoms in total. The van der Waals surface area contributed by atoms with Crippen molar-refractivity contribution in [1.82, 2.24) is 0 Å². The van der Waals surface area contributed by atoms with Crippen molar-refractivity contribution in [1.29, 1.82) is 0 Å². The maximum atomic E-state index is 10.4. The molecule has 3 aromatic carbocycles. The van der Waals surface area contributed by atoms with Gasteiger partial charge in [-0.3, -0.25) is 0 Å². The van der Waals surface area contributed by atoms with E-state index < -0.39 is 5.60 Å². The molecule has 0 amide bonds. The highest BCUT2D eigenvalue weighted by Crippen LogP contribution is 2.37. The van der Waals surface area contributed by atoms with Crippen LogP contribution in [0.2, 0.25) is 0 Å². The number of aryl methyl sites for hydroxylation is 2. The fraction of sp³-hybridized carbons (Fsp3) is 0.231. The van der Waals surface area contributed by atoms with Crippen LogP contribution in [-0.2, 0) is 6.42 Å².